The van der Waals surface area contributed by atoms with Crippen LogP contribution in [-0.2, 0) is 16.0 Å². The van der Waals surface area contributed by atoms with Crippen molar-refractivity contribution in [2.24, 2.45) is 11.7 Å². The van der Waals surface area contributed by atoms with Crippen molar-refractivity contribution in [3.8, 4) is 11.1 Å². The first-order valence-electron chi connectivity index (χ1n) is 12.2. The third-order valence-electron chi connectivity index (χ3n) is 7.17. The molecule has 3 atom stereocenters. The topological polar surface area (TPSA) is 73.4 Å². The summed E-state index contributed by atoms with van der Waals surface area (Å²) in [6.45, 7) is 1.10. The Bertz CT molecular complexity index is 1180. The van der Waals surface area contributed by atoms with E-state index in [-0.39, 0.29) is 35.3 Å². The lowest BCUT2D eigenvalue weighted by Gasteiger charge is -2.40. The Morgan fingerprint density at radius 1 is 1.09 bits per heavy atom. The molecule has 5 rings (SSSR count). The van der Waals surface area contributed by atoms with Crippen molar-refractivity contribution < 1.29 is 18.3 Å². The van der Waals surface area contributed by atoms with E-state index in [1.807, 2.05) is 35.2 Å². The second-order valence-electron chi connectivity index (χ2n) is 9.45. The van der Waals surface area contributed by atoms with E-state index >= 15 is 8.78 Å². The van der Waals surface area contributed by atoms with Gasteiger partial charge in [-0.1, -0.05) is 30.3 Å². The number of nitrogens with two attached hydrogens (primary N) is 1. The molecule has 2 aliphatic rings. The second-order valence-corrected chi connectivity index (χ2v) is 9.45. The van der Waals surface area contributed by atoms with Crippen molar-refractivity contribution in [2.75, 3.05) is 18.1 Å². The second kappa shape index (κ2) is 10.2. The van der Waals surface area contributed by atoms with E-state index in [2.05, 4.69) is 5.10 Å². The summed E-state index contributed by atoms with van der Waals surface area (Å²) < 4.78 is 38.3. The summed E-state index contributed by atoms with van der Waals surface area (Å²) in [6.07, 6.45) is 7.63. The van der Waals surface area contributed by atoms with Crippen LogP contribution in [0.2, 0.25) is 0 Å². The molecule has 184 valence electrons. The van der Waals surface area contributed by atoms with E-state index in [1.165, 1.54) is 0 Å². The number of amides is 1. The molecule has 0 radical (unpaired) electrons. The van der Waals surface area contributed by atoms with Crippen LogP contribution in [0.4, 0.5) is 14.5 Å². The van der Waals surface area contributed by atoms with E-state index < -0.39 is 11.6 Å². The van der Waals surface area contributed by atoms with E-state index in [0.29, 0.717) is 38.0 Å². The zero-order valence-electron chi connectivity index (χ0n) is 19.6. The number of anilines is 1. The number of nitrogens with zero attached hydrogens (tertiary/aromatic N) is 3. The zero-order valence-corrected chi connectivity index (χ0v) is 19.6. The molecule has 1 aromatic heterocycles. The Kier molecular flexibility index (Phi) is 6.81. The molecular formula is C27H30F2N4O2. The molecule has 2 N–H and O–H groups in total. The van der Waals surface area contributed by atoms with Crippen LogP contribution in [0.3, 0.4) is 0 Å². The predicted molar refractivity (Wildman–Crippen MR) is 130 cm³/mol. The third-order valence-corrected chi connectivity index (χ3v) is 7.17. The number of carbonyl (C=O) groups excluding carboxylic acids is 1. The highest BCUT2D eigenvalue weighted by atomic mass is 19.2. The predicted octanol–water partition coefficient (Wildman–Crippen LogP) is 4.84. The maximum absolute atomic E-state index is 15.5. The lowest BCUT2D eigenvalue weighted by Crippen LogP contribution is -2.47. The summed E-state index contributed by atoms with van der Waals surface area (Å²) in [4.78, 5) is 13.8. The Morgan fingerprint density at radius 2 is 1.91 bits per heavy atom. The highest BCUT2D eigenvalue weighted by Crippen LogP contribution is 2.36. The minimum absolute atomic E-state index is 0.167. The van der Waals surface area contributed by atoms with E-state index in [9.17, 15) is 4.79 Å². The Hall–Kier alpha value is -3.26. The number of rotatable bonds is 6. The van der Waals surface area contributed by atoms with Gasteiger partial charge in [0.1, 0.15) is 6.23 Å². The smallest absolute Gasteiger partial charge is 0.220 e. The summed E-state index contributed by atoms with van der Waals surface area (Å²) in [5, 5.41) is 4.33. The quantitative estimate of drug-likeness (QED) is 0.548. The van der Waals surface area contributed by atoms with Crippen molar-refractivity contribution in [3.63, 3.8) is 0 Å². The first-order valence-corrected chi connectivity index (χ1v) is 12.2. The van der Waals surface area contributed by atoms with Crippen LogP contribution in [0.15, 0.2) is 54.9 Å². The third kappa shape index (κ3) is 4.93. The molecular weight excluding hydrogens is 450 g/mol. The van der Waals surface area contributed by atoms with E-state index in [1.54, 1.807) is 29.2 Å². The largest absolute Gasteiger partial charge is 0.369 e. The van der Waals surface area contributed by atoms with Crippen LogP contribution in [0.1, 0.15) is 43.9 Å². The maximum atomic E-state index is 15.5. The van der Waals surface area contributed by atoms with Gasteiger partial charge in [-0.2, -0.15) is 5.10 Å². The fraction of sp³-hybridized carbons (Fsp3) is 0.407. The number of hydrogen-bond acceptors (Lipinski definition) is 4. The molecule has 35 heavy (non-hydrogen) atoms. The standard InChI is InChI=1S/C27H30F2N4O2/c28-25-22(20-16-31-33(17-20)24-8-4-5-13-35-24)9-10-23(26(25)29)32-12-11-19(27(30)34)15-21(32)14-18-6-2-1-3-7-18/h1-3,6-7,9-10,16-17,19,21,24H,4-5,8,11-15H2,(H2,30,34). The summed E-state index contributed by atoms with van der Waals surface area (Å²) >= 11 is 0. The zero-order chi connectivity index (χ0) is 24.4. The highest BCUT2D eigenvalue weighted by molar-refractivity contribution is 5.77. The fourth-order valence-corrected chi connectivity index (χ4v) is 5.26. The van der Waals surface area contributed by atoms with Gasteiger partial charge in [0.05, 0.1) is 11.9 Å². The average molecular weight is 481 g/mol. The van der Waals surface area contributed by atoms with Crippen molar-refractivity contribution >= 4 is 11.6 Å². The van der Waals surface area contributed by atoms with Crippen LogP contribution in [0.25, 0.3) is 11.1 Å². The van der Waals surface area contributed by atoms with Crippen molar-refractivity contribution in [1.82, 2.24) is 9.78 Å². The minimum Gasteiger partial charge on any atom is -0.369 e. The number of piperidine rings is 1. The molecule has 0 aliphatic carbocycles. The minimum atomic E-state index is -0.901. The average Bonchev–Trinajstić information content (AvgIpc) is 3.37. The summed E-state index contributed by atoms with van der Waals surface area (Å²) in [5.41, 5.74) is 7.55. The monoisotopic (exact) mass is 480 g/mol. The van der Waals surface area contributed by atoms with Crippen molar-refractivity contribution in [1.29, 1.82) is 0 Å². The number of aromatic nitrogens is 2. The van der Waals surface area contributed by atoms with Crippen LogP contribution in [0, 0.1) is 17.6 Å². The van der Waals surface area contributed by atoms with Gasteiger partial charge in [-0.15, -0.1) is 0 Å². The van der Waals surface area contributed by atoms with Gasteiger partial charge in [-0.25, -0.2) is 13.5 Å². The number of primary amides is 1. The van der Waals surface area contributed by atoms with Gasteiger partial charge in [-0.3, -0.25) is 4.79 Å². The molecule has 1 amide bonds. The Morgan fingerprint density at radius 3 is 2.66 bits per heavy atom. The van der Waals surface area contributed by atoms with Crippen LogP contribution in [-0.4, -0.2) is 34.9 Å². The molecule has 3 unspecified atom stereocenters. The van der Waals surface area contributed by atoms with Gasteiger partial charge in [0.25, 0.3) is 0 Å². The molecule has 0 bridgehead atoms. The maximum Gasteiger partial charge on any atom is 0.220 e. The van der Waals surface area contributed by atoms with Gasteiger partial charge in [0, 0.05) is 42.4 Å². The number of benzene rings is 2. The van der Waals surface area contributed by atoms with Gasteiger partial charge >= 0.3 is 0 Å². The number of carbonyl (C=O) groups is 1. The molecule has 2 saturated heterocycles. The summed E-state index contributed by atoms with van der Waals surface area (Å²) in [6, 6.07) is 12.9. The number of ether oxygens (including phenoxy) is 1. The van der Waals surface area contributed by atoms with Crippen LogP contribution in [0.5, 0.6) is 0 Å². The molecule has 0 spiro atoms. The molecule has 0 saturated carbocycles. The lowest BCUT2D eigenvalue weighted by atomic mass is 9.86. The molecule has 2 aromatic carbocycles. The summed E-state index contributed by atoms with van der Waals surface area (Å²) in [7, 11) is 0. The normalized spacial score (nSPS) is 22.8. The molecule has 8 heteroatoms. The van der Waals surface area contributed by atoms with E-state index in [0.717, 1.165) is 24.8 Å². The van der Waals surface area contributed by atoms with Crippen LogP contribution < -0.4 is 10.6 Å². The van der Waals surface area contributed by atoms with Crippen LogP contribution >= 0.6 is 0 Å². The molecule has 2 aliphatic heterocycles. The molecule has 3 aromatic rings. The Balaban J connectivity index is 1.42. The van der Waals surface area contributed by atoms with Gasteiger partial charge in [0.15, 0.2) is 11.6 Å². The SMILES string of the molecule is NC(=O)C1CCN(c2ccc(-c3cnn(C4CCCCO4)c3)c(F)c2F)C(Cc2ccccc2)C1. The van der Waals surface area contributed by atoms with Gasteiger partial charge < -0.3 is 15.4 Å². The fourth-order valence-electron chi connectivity index (χ4n) is 5.26. The molecule has 2 fully saturated rings. The highest BCUT2D eigenvalue weighted by Gasteiger charge is 2.33. The first kappa shape index (κ1) is 23.5. The number of hydrogen-bond donors (Lipinski definition) is 1. The van der Waals surface area contributed by atoms with E-state index in [4.69, 9.17) is 10.5 Å². The molecule has 6 nitrogen and oxygen atoms in total. The van der Waals surface area contributed by atoms with Gasteiger partial charge in [0.2, 0.25) is 5.91 Å². The number of halogens is 2. The van der Waals surface area contributed by atoms with Crippen molar-refractivity contribution in [3.05, 3.63) is 72.1 Å². The molecule has 3 heterocycles. The van der Waals surface area contributed by atoms with Gasteiger partial charge in [-0.05, 0) is 56.2 Å². The summed E-state index contributed by atoms with van der Waals surface area (Å²) in [5.74, 6) is -2.41. The van der Waals surface area contributed by atoms with Crippen molar-refractivity contribution in [2.45, 2.75) is 50.8 Å². The lowest BCUT2D eigenvalue weighted by molar-refractivity contribution is -0.122. The Labute approximate surface area is 203 Å². The first-order chi connectivity index (χ1) is 17.0.